The van der Waals surface area contributed by atoms with Gasteiger partial charge < -0.3 is 10.6 Å². The molecule has 0 aromatic carbocycles. The quantitative estimate of drug-likeness (QED) is 0.451. The second-order valence-electron chi connectivity index (χ2n) is 3.04. The summed E-state index contributed by atoms with van der Waals surface area (Å²) in [5.41, 5.74) is 1.24. The molecule has 0 radical (unpaired) electrons. The van der Waals surface area contributed by atoms with Crippen molar-refractivity contribution in [3.8, 4) is 0 Å². The van der Waals surface area contributed by atoms with Gasteiger partial charge in [0.05, 0.1) is 6.04 Å². The second kappa shape index (κ2) is 6.97. The maximum Gasteiger partial charge on any atom is 0.237 e. The van der Waals surface area contributed by atoms with E-state index in [-0.39, 0.29) is 11.9 Å². The van der Waals surface area contributed by atoms with Gasteiger partial charge in [0.25, 0.3) is 0 Å². The molecule has 1 atom stereocenters. The highest BCUT2D eigenvalue weighted by Crippen LogP contribution is 1.90. The zero-order valence-electron chi connectivity index (χ0n) is 8.42. The fourth-order valence-corrected chi connectivity index (χ4v) is 1.11. The average Bonchev–Trinajstić information content (AvgIpc) is 2.11. The lowest BCUT2D eigenvalue weighted by Crippen LogP contribution is -2.44. The number of amides is 1. The van der Waals surface area contributed by atoms with Crippen LogP contribution in [-0.4, -0.2) is 31.3 Å². The van der Waals surface area contributed by atoms with Crippen LogP contribution in [0.5, 0.6) is 0 Å². The van der Waals surface area contributed by atoms with E-state index in [1.165, 1.54) is 5.57 Å². The van der Waals surface area contributed by atoms with E-state index in [1.807, 2.05) is 19.9 Å². The highest BCUT2D eigenvalue weighted by atomic mass is 32.1. The molecule has 0 bridgehead atoms. The maximum absolute atomic E-state index is 11.2. The van der Waals surface area contributed by atoms with Gasteiger partial charge in [-0.2, -0.15) is 12.6 Å². The van der Waals surface area contributed by atoms with Gasteiger partial charge in [-0.3, -0.25) is 4.79 Å². The third-order valence-corrected chi connectivity index (χ3v) is 1.99. The standard InChI is InChI=1S/C9H18N2OS/c1-7(2)4-5-11-8(6-13)9(12)10-3/h4,8,11,13H,5-6H2,1-3H3,(H,10,12)/t8-/m0/s1. The lowest BCUT2D eigenvalue weighted by molar-refractivity contribution is -0.122. The Labute approximate surface area is 85.4 Å². The van der Waals surface area contributed by atoms with Crippen molar-refractivity contribution in [1.82, 2.24) is 10.6 Å². The molecule has 76 valence electrons. The number of carbonyl (C=O) groups is 1. The molecule has 1 amide bonds. The molecular weight excluding hydrogens is 184 g/mol. The lowest BCUT2D eigenvalue weighted by atomic mass is 10.3. The van der Waals surface area contributed by atoms with Crippen LogP contribution in [0.25, 0.3) is 0 Å². The number of thiol groups is 1. The SMILES string of the molecule is CNC(=O)[C@H](CS)NCC=C(C)C. The van der Waals surface area contributed by atoms with Gasteiger partial charge >= 0.3 is 0 Å². The van der Waals surface area contributed by atoms with Crippen LogP contribution in [0.2, 0.25) is 0 Å². The molecule has 13 heavy (non-hydrogen) atoms. The van der Waals surface area contributed by atoms with E-state index in [0.29, 0.717) is 12.3 Å². The minimum Gasteiger partial charge on any atom is -0.358 e. The van der Waals surface area contributed by atoms with Crippen molar-refractivity contribution in [2.24, 2.45) is 0 Å². The summed E-state index contributed by atoms with van der Waals surface area (Å²) in [6.07, 6.45) is 2.04. The van der Waals surface area contributed by atoms with Gasteiger partial charge in [-0.1, -0.05) is 11.6 Å². The summed E-state index contributed by atoms with van der Waals surface area (Å²) < 4.78 is 0. The van der Waals surface area contributed by atoms with Gasteiger partial charge in [0.2, 0.25) is 5.91 Å². The second-order valence-corrected chi connectivity index (χ2v) is 3.40. The van der Waals surface area contributed by atoms with Crippen LogP contribution in [0.4, 0.5) is 0 Å². The lowest BCUT2D eigenvalue weighted by Gasteiger charge is -2.13. The molecular formula is C9H18N2OS. The summed E-state index contributed by atoms with van der Waals surface area (Å²) in [5, 5.41) is 5.67. The molecule has 0 aliphatic heterocycles. The highest BCUT2D eigenvalue weighted by Gasteiger charge is 2.12. The van der Waals surface area contributed by atoms with E-state index in [1.54, 1.807) is 7.05 Å². The topological polar surface area (TPSA) is 41.1 Å². The molecule has 0 saturated heterocycles. The van der Waals surface area contributed by atoms with Crippen molar-refractivity contribution in [3.05, 3.63) is 11.6 Å². The average molecular weight is 202 g/mol. The predicted molar refractivity (Wildman–Crippen MR) is 59.1 cm³/mol. The van der Waals surface area contributed by atoms with Crippen LogP contribution < -0.4 is 10.6 Å². The van der Waals surface area contributed by atoms with Gasteiger partial charge in [0.15, 0.2) is 0 Å². The molecule has 0 fully saturated rings. The highest BCUT2D eigenvalue weighted by molar-refractivity contribution is 7.80. The molecule has 0 heterocycles. The Bertz CT molecular complexity index is 188. The van der Waals surface area contributed by atoms with Crippen molar-refractivity contribution in [1.29, 1.82) is 0 Å². The summed E-state index contributed by atoms with van der Waals surface area (Å²) in [4.78, 5) is 11.2. The van der Waals surface area contributed by atoms with Crippen molar-refractivity contribution in [3.63, 3.8) is 0 Å². The molecule has 0 aromatic rings. The molecule has 0 aliphatic rings. The molecule has 0 aliphatic carbocycles. The first kappa shape index (κ1) is 12.5. The Balaban J connectivity index is 3.86. The van der Waals surface area contributed by atoms with Crippen LogP contribution >= 0.6 is 12.6 Å². The first-order chi connectivity index (χ1) is 6.11. The van der Waals surface area contributed by atoms with Crippen LogP contribution in [0.3, 0.4) is 0 Å². The first-order valence-electron chi connectivity index (χ1n) is 4.31. The summed E-state index contributed by atoms with van der Waals surface area (Å²) in [5.74, 6) is 0.494. The Morgan fingerprint density at radius 2 is 2.15 bits per heavy atom. The number of likely N-dealkylation sites (N-methyl/N-ethyl adjacent to an activating group) is 1. The largest absolute Gasteiger partial charge is 0.358 e. The third kappa shape index (κ3) is 5.71. The van der Waals surface area contributed by atoms with Gasteiger partial charge in [0, 0.05) is 19.3 Å². The van der Waals surface area contributed by atoms with E-state index in [4.69, 9.17) is 0 Å². The van der Waals surface area contributed by atoms with Crippen molar-refractivity contribution >= 4 is 18.5 Å². The van der Waals surface area contributed by atoms with E-state index >= 15 is 0 Å². The summed E-state index contributed by atoms with van der Waals surface area (Å²) in [6.45, 7) is 4.76. The number of rotatable bonds is 5. The molecule has 0 unspecified atom stereocenters. The van der Waals surface area contributed by atoms with Crippen molar-refractivity contribution in [2.75, 3.05) is 19.3 Å². The molecule has 0 rings (SSSR count). The van der Waals surface area contributed by atoms with Crippen molar-refractivity contribution < 1.29 is 4.79 Å². The van der Waals surface area contributed by atoms with Gasteiger partial charge in [-0.25, -0.2) is 0 Å². The predicted octanol–water partition coefficient (Wildman–Crippen LogP) is 0.587. The zero-order chi connectivity index (χ0) is 10.3. The Morgan fingerprint density at radius 3 is 2.54 bits per heavy atom. The third-order valence-electron chi connectivity index (χ3n) is 1.62. The number of nitrogens with one attached hydrogen (secondary N) is 2. The number of hydrogen-bond donors (Lipinski definition) is 3. The van der Waals surface area contributed by atoms with E-state index in [0.717, 1.165) is 0 Å². The smallest absolute Gasteiger partial charge is 0.237 e. The fourth-order valence-electron chi connectivity index (χ4n) is 0.820. The normalized spacial score (nSPS) is 12.0. The van der Waals surface area contributed by atoms with E-state index < -0.39 is 0 Å². The summed E-state index contributed by atoms with van der Waals surface area (Å²) in [6, 6.07) is -0.205. The summed E-state index contributed by atoms with van der Waals surface area (Å²) in [7, 11) is 1.63. The zero-order valence-corrected chi connectivity index (χ0v) is 9.32. The number of allylic oxidation sites excluding steroid dienone is 1. The van der Waals surface area contributed by atoms with Crippen LogP contribution in [0.1, 0.15) is 13.8 Å². The minimum atomic E-state index is -0.205. The van der Waals surface area contributed by atoms with E-state index in [9.17, 15) is 4.79 Å². The number of hydrogen-bond acceptors (Lipinski definition) is 3. The minimum absolute atomic E-state index is 0.0165. The van der Waals surface area contributed by atoms with Crippen LogP contribution in [-0.2, 0) is 4.79 Å². The fraction of sp³-hybridized carbons (Fsp3) is 0.667. The molecule has 0 saturated carbocycles. The van der Waals surface area contributed by atoms with Gasteiger partial charge in [-0.15, -0.1) is 0 Å². The summed E-state index contributed by atoms with van der Waals surface area (Å²) >= 11 is 4.09. The maximum atomic E-state index is 11.2. The van der Waals surface area contributed by atoms with Crippen LogP contribution in [0, 0.1) is 0 Å². The molecule has 4 heteroatoms. The molecule has 0 spiro atoms. The Hall–Kier alpha value is -0.480. The van der Waals surface area contributed by atoms with Gasteiger partial charge in [0.1, 0.15) is 0 Å². The monoisotopic (exact) mass is 202 g/mol. The Morgan fingerprint density at radius 1 is 1.54 bits per heavy atom. The van der Waals surface area contributed by atoms with Crippen LogP contribution in [0.15, 0.2) is 11.6 Å². The molecule has 0 aromatic heterocycles. The van der Waals surface area contributed by atoms with Gasteiger partial charge in [-0.05, 0) is 13.8 Å². The first-order valence-corrected chi connectivity index (χ1v) is 4.94. The molecule has 2 N–H and O–H groups in total. The van der Waals surface area contributed by atoms with E-state index in [2.05, 4.69) is 23.3 Å². The number of carbonyl (C=O) groups excluding carboxylic acids is 1. The molecule has 3 nitrogen and oxygen atoms in total. The Kier molecular flexibility index (Phi) is 6.72. The van der Waals surface area contributed by atoms with Crippen molar-refractivity contribution in [2.45, 2.75) is 19.9 Å².